The molecule has 2 N–H and O–H groups in total. The van der Waals surface area contributed by atoms with Crippen molar-refractivity contribution in [3.05, 3.63) is 16.7 Å². The van der Waals surface area contributed by atoms with Gasteiger partial charge in [-0.25, -0.2) is 4.98 Å². The van der Waals surface area contributed by atoms with E-state index in [2.05, 4.69) is 20.9 Å². The summed E-state index contributed by atoms with van der Waals surface area (Å²) in [5.74, 6) is 0.814. The van der Waals surface area contributed by atoms with Crippen LogP contribution in [0.2, 0.25) is 0 Å². The van der Waals surface area contributed by atoms with Gasteiger partial charge in [-0.05, 0) is 28.4 Å². The molecule has 0 saturated carbocycles. The van der Waals surface area contributed by atoms with Crippen LogP contribution in [0.1, 0.15) is 6.42 Å². The fourth-order valence-corrected chi connectivity index (χ4v) is 1.67. The molecule has 1 heterocycles. The second kappa shape index (κ2) is 5.92. The highest BCUT2D eigenvalue weighted by molar-refractivity contribution is 9.10. The van der Waals surface area contributed by atoms with Crippen LogP contribution in [0.25, 0.3) is 0 Å². The lowest BCUT2D eigenvalue weighted by Crippen LogP contribution is -2.22. The van der Waals surface area contributed by atoms with Gasteiger partial charge in [-0.2, -0.15) is 0 Å². The number of ether oxygens (including phenoxy) is 1. The molecule has 0 saturated heterocycles. The van der Waals surface area contributed by atoms with Gasteiger partial charge in [-0.15, -0.1) is 0 Å². The Hall–Kier alpha value is -0.810. The normalized spacial score (nSPS) is 10.3. The van der Waals surface area contributed by atoms with E-state index in [1.807, 2.05) is 18.0 Å². The number of hydrogen-bond acceptors (Lipinski definition) is 4. The zero-order chi connectivity index (χ0) is 11.3. The van der Waals surface area contributed by atoms with Crippen LogP contribution in [0.4, 0.5) is 11.5 Å². The average molecular weight is 274 g/mol. The summed E-state index contributed by atoms with van der Waals surface area (Å²) < 4.78 is 5.89. The van der Waals surface area contributed by atoms with E-state index in [0.717, 1.165) is 29.9 Å². The SMILES string of the molecule is COCCCN(C)c1ncc(Br)cc1N. The van der Waals surface area contributed by atoms with Crippen molar-refractivity contribution in [1.29, 1.82) is 0 Å². The summed E-state index contributed by atoms with van der Waals surface area (Å²) in [6, 6.07) is 1.86. The van der Waals surface area contributed by atoms with Gasteiger partial charge in [0.05, 0.1) is 5.69 Å². The molecule has 1 aromatic heterocycles. The first kappa shape index (κ1) is 12.3. The predicted molar refractivity (Wildman–Crippen MR) is 66.1 cm³/mol. The molecule has 5 heteroatoms. The van der Waals surface area contributed by atoms with Crippen LogP contribution in [-0.4, -0.2) is 32.3 Å². The minimum absolute atomic E-state index is 0.685. The number of nitrogens with zero attached hydrogens (tertiary/aromatic N) is 2. The van der Waals surface area contributed by atoms with Gasteiger partial charge in [0.15, 0.2) is 5.82 Å². The largest absolute Gasteiger partial charge is 0.396 e. The lowest BCUT2D eigenvalue weighted by Gasteiger charge is -2.19. The summed E-state index contributed by atoms with van der Waals surface area (Å²) in [5, 5.41) is 0. The first-order valence-corrected chi connectivity index (χ1v) is 5.55. The Balaban J connectivity index is 2.61. The number of rotatable bonds is 5. The molecule has 84 valence electrons. The summed E-state index contributed by atoms with van der Waals surface area (Å²) in [6.45, 7) is 1.63. The number of halogens is 1. The Kier molecular flexibility index (Phi) is 4.84. The summed E-state index contributed by atoms with van der Waals surface area (Å²) in [5.41, 5.74) is 6.55. The maximum atomic E-state index is 5.86. The lowest BCUT2D eigenvalue weighted by molar-refractivity contribution is 0.196. The van der Waals surface area contributed by atoms with Crippen LogP contribution < -0.4 is 10.6 Å². The van der Waals surface area contributed by atoms with Crippen molar-refractivity contribution >= 4 is 27.4 Å². The van der Waals surface area contributed by atoms with E-state index in [1.165, 1.54) is 0 Å². The van der Waals surface area contributed by atoms with Crippen molar-refractivity contribution < 1.29 is 4.74 Å². The van der Waals surface area contributed by atoms with E-state index in [1.54, 1.807) is 13.3 Å². The van der Waals surface area contributed by atoms with Crippen molar-refractivity contribution in [2.75, 3.05) is 37.9 Å². The van der Waals surface area contributed by atoms with Gasteiger partial charge in [-0.1, -0.05) is 0 Å². The van der Waals surface area contributed by atoms with Crippen molar-refractivity contribution in [3.63, 3.8) is 0 Å². The number of pyridine rings is 1. The molecule has 0 spiro atoms. The lowest BCUT2D eigenvalue weighted by atomic mass is 10.3. The minimum Gasteiger partial charge on any atom is -0.396 e. The van der Waals surface area contributed by atoms with Crippen molar-refractivity contribution in [3.8, 4) is 0 Å². The molecule has 1 aromatic rings. The fourth-order valence-electron chi connectivity index (χ4n) is 1.32. The molecular weight excluding hydrogens is 258 g/mol. The monoisotopic (exact) mass is 273 g/mol. The summed E-state index contributed by atoms with van der Waals surface area (Å²) in [6.07, 6.45) is 2.71. The number of methoxy groups -OCH3 is 1. The van der Waals surface area contributed by atoms with E-state index in [-0.39, 0.29) is 0 Å². The Bertz CT molecular complexity index is 320. The van der Waals surface area contributed by atoms with Crippen LogP contribution >= 0.6 is 15.9 Å². The number of anilines is 2. The van der Waals surface area contributed by atoms with Crippen LogP contribution in [0.5, 0.6) is 0 Å². The molecule has 0 atom stereocenters. The third-order valence-electron chi connectivity index (χ3n) is 2.07. The van der Waals surface area contributed by atoms with Gasteiger partial charge in [0.1, 0.15) is 0 Å². The summed E-state index contributed by atoms with van der Waals surface area (Å²) in [4.78, 5) is 6.30. The van der Waals surface area contributed by atoms with Gasteiger partial charge in [0.2, 0.25) is 0 Å². The van der Waals surface area contributed by atoms with Gasteiger partial charge in [0, 0.05) is 38.0 Å². The molecule has 0 aliphatic rings. The maximum Gasteiger partial charge on any atom is 0.151 e. The highest BCUT2D eigenvalue weighted by Crippen LogP contribution is 2.22. The third kappa shape index (κ3) is 3.68. The molecule has 15 heavy (non-hydrogen) atoms. The first-order valence-electron chi connectivity index (χ1n) is 4.76. The topological polar surface area (TPSA) is 51.4 Å². The predicted octanol–water partition coefficient (Wildman–Crippen LogP) is 1.90. The van der Waals surface area contributed by atoms with Gasteiger partial charge >= 0.3 is 0 Å². The number of nitrogens with two attached hydrogens (primary N) is 1. The third-order valence-corrected chi connectivity index (χ3v) is 2.50. The molecule has 0 radical (unpaired) electrons. The van der Waals surface area contributed by atoms with Gasteiger partial charge < -0.3 is 15.4 Å². The average Bonchev–Trinajstić information content (AvgIpc) is 2.17. The van der Waals surface area contributed by atoms with Crippen molar-refractivity contribution in [2.24, 2.45) is 0 Å². The molecule has 0 aliphatic heterocycles. The minimum atomic E-state index is 0.685. The Morgan fingerprint density at radius 1 is 1.60 bits per heavy atom. The van der Waals surface area contributed by atoms with E-state index >= 15 is 0 Å². The van der Waals surface area contributed by atoms with E-state index in [9.17, 15) is 0 Å². The Morgan fingerprint density at radius 3 is 2.93 bits per heavy atom. The van der Waals surface area contributed by atoms with E-state index in [0.29, 0.717) is 5.69 Å². The molecule has 1 rings (SSSR count). The number of aromatic nitrogens is 1. The van der Waals surface area contributed by atoms with Crippen molar-refractivity contribution in [2.45, 2.75) is 6.42 Å². The highest BCUT2D eigenvalue weighted by Gasteiger charge is 2.06. The fraction of sp³-hybridized carbons (Fsp3) is 0.500. The smallest absolute Gasteiger partial charge is 0.151 e. The highest BCUT2D eigenvalue weighted by atomic mass is 79.9. The molecule has 0 amide bonds. The molecular formula is C10H16BrN3O. The van der Waals surface area contributed by atoms with Crippen LogP contribution in [0.15, 0.2) is 16.7 Å². The standard InChI is InChI=1S/C10H16BrN3O/c1-14(4-3-5-15-2)10-9(12)6-8(11)7-13-10/h6-7H,3-5,12H2,1-2H3. The quantitative estimate of drug-likeness (QED) is 0.833. The Labute approximate surface area is 98.6 Å². The van der Waals surface area contributed by atoms with Crippen LogP contribution in [0, 0.1) is 0 Å². The van der Waals surface area contributed by atoms with E-state index < -0.39 is 0 Å². The Morgan fingerprint density at radius 2 is 2.33 bits per heavy atom. The molecule has 0 unspecified atom stereocenters. The summed E-state index contributed by atoms with van der Waals surface area (Å²) in [7, 11) is 3.68. The second-order valence-corrected chi connectivity index (χ2v) is 4.25. The number of nitrogen functional groups attached to an aromatic ring is 1. The van der Waals surface area contributed by atoms with Crippen LogP contribution in [0.3, 0.4) is 0 Å². The first-order chi connectivity index (χ1) is 7.15. The number of hydrogen-bond donors (Lipinski definition) is 1. The molecule has 0 bridgehead atoms. The van der Waals surface area contributed by atoms with Gasteiger partial charge in [0.25, 0.3) is 0 Å². The van der Waals surface area contributed by atoms with E-state index in [4.69, 9.17) is 10.5 Å². The molecule has 0 aromatic carbocycles. The zero-order valence-corrected chi connectivity index (χ0v) is 10.6. The molecule has 4 nitrogen and oxygen atoms in total. The molecule has 0 aliphatic carbocycles. The zero-order valence-electron chi connectivity index (χ0n) is 9.03. The van der Waals surface area contributed by atoms with Gasteiger partial charge in [-0.3, -0.25) is 0 Å². The van der Waals surface area contributed by atoms with Crippen LogP contribution in [-0.2, 0) is 4.74 Å². The summed E-state index contributed by atoms with van der Waals surface area (Å²) >= 11 is 3.33. The second-order valence-electron chi connectivity index (χ2n) is 3.33. The molecule has 0 fully saturated rings. The van der Waals surface area contributed by atoms with Crippen molar-refractivity contribution in [1.82, 2.24) is 4.98 Å². The maximum absolute atomic E-state index is 5.86.